The van der Waals surface area contributed by atoms with Gasteiger partial charge in [0.1, 0.15) is 5.76 Å². The molecule has 3 nitrogen and oxygen atoms in total. The Bertz CT molecular complexity index is 541. The summed E-state index contributed by atoms with van der Waals surface area (Å²) >= 11 is 12.0. The van der Waals surface area contributed by atoms with Gasteiger partial charge in [0.15, 0.2) is 0 Å². The molecule has 2 aromatic rings. The van der Waals surface area contributed by atoms with Crippen molar-refractivity contribution in [3.63, 3.8) is 0 Å². The highest BCUT2D eigenvalue weighted by Crippen LogP contribution is 2.21. The molecule has 0 aliphatic heterocycles. The third-order valence-electron chi connectivity index (χ3n) is 2.98. The third-order valence-corrected chi connectivity index (χ3v) is 3.42. The first kappa shape index (κ1) is 14.4. The van der Waals surface area contributed by atoms with Crippen LogP contribution in [0.25, 0.3) is 0 Å². The number of hydrogen-bond donors (Lipinski definition) is 0. The van der Waals surface area contributed by atoms with Crippen molar-refractivity contribution in [2.24, 2.45) is 0 Å². The molecule has 2 rings (SSSR count). The van der Waals surface area contributed by atoms with Crippen molar-refractivity contribution < 1.29 is 4.52 Å². The zero-order valence-corrected chi connectivity index (χ0v) is 12.7. The van der Waals surface area contributed by atoms with Crippen molar-refractivity contribution in [3.8, 4) is 0 Å². The highest BCUT2D eigenvalue weighted by Gasteiger charge is 2.12. The Hall–Kier alpha value is -1.03. The molecule has 0 bridgehead atoms. The van der Waals surface area contributed by atoms with Crippen LogP contribution in [0.15, 0.2) is 22.7 Å². The Kier molecular flexibility index (Phi) is 4.50. The minimum absolute atomic E-state index is 0.660. The number of aryl methyl sites for hydroxylation is 2. The van der Waals surface area contributed by atoms with Gasteiger partial charge in [-0.3, -0.25) is 4.90 Å². The fourth-order valence-corrected chi connectivity index (χ4v) is 2.64. The smallest absolute Gasteiger partial charge is 0.138 e. The van der Waals surface area contributed by atoms with Gasteiger partial charge in [0, 0.05) is 28.7 Å². The van der Waals surface area contributed by atoms with Crippen molar-refractivity contribution in [2.45, 2.75) is 26.9 Å². The second-order valence-electron chi connectivity index (χ2n) is 4.75. The first-order chi connectivity index (χ1) is 8.95. The van der Waals surface area contributed by atoms with Crippen molar-refractivity contribution in [3.05, 3.63) is 50.8 Å². The number of benzene rings is 1. The Labute approximate surface area is 123 Å². The molecule has 0 atom stereocenters. The maximum atomic E-state index is 6.00. The van der Waals surface area contributed by atoms with E-state index in [1.165, 1.54) is 0 Å². The van der Waals surface area contributed by atoms with Crippen LogP contribution in [0.5, 0.6) is 0 Å². The molecule has 0 radical (unpaired) electrons. The molecule has 0 saturated heterocycles. The van der Waals surface area contributed by atoms with Gasteiger partial charge in [-0.25, -0.2) is 0 Å². The minimum atomic E-state index is 0.660. The van der Waals surface area contributed by atoms with Gasteiger partial charge in [0.25, 0.3) is 0 Å². The van der Waals surface area contributed by atoms with E-state index in [1.807, 2.05) is 33.0 Å². The van der Waals surface area contributed by atoms with Crippen LogP contribution in [0.2, 0.25) is 10.0 Å². The summed E-state index contributed by atoms with van der Waals surface area (Å²) < 4.78 is 5.17. The van der Waals surface area contributed by atoms with E-state index < -0.39 is 0 Å². The van der Waals surface area contributed by atoms with E-state index in [4.69, 9.17) is 27.7 Å². The lowest BCUT2D eigenvalue weighted by molar-refractivity contribution is 0.315. The van der Waals surface area contributed by atoms with Gasteiger partial charge in [-0.2, -0.15) is 0 Å². The van der Waals surface area contributed by atoms with Crippen LogP contribution in [0.3, 0.4) is 0 Å². The molecule has 0 fully saturated rings. The molecule has 0 aliphatic rings. The van der Waals surface area contributed by atoms with Gasteiger partial charge in [0.2, 0.25) is 0 Å². The zero-order valence-electron chi connectivity index (χ0n) is 11.2. The fourth-order valence-electron chi connectivity index (χ4n) is 2.07. The predicted octanol–water partition coefficient (Wildman–Crippen LogP) is 4.23. The molecule has 1 aromatic carbocycles. The second kappa shape index (κ2) is 5.95. The number of hydrogen-bond acceptors (Lipinski definition) is 3. The molecule has 1 aromatic heterocycles. The van der Waals surface area contributed by atoms with E-state index in [-0.39, 0.29) is 0 Å². The summed E-state index contributed by atoms with van der Waals surface area (Å²) in [5, 5.41) is 5.28. The van der Waals surface area contributed by atoms with Gasteiger partial charge in [-0.15, -0.1) is 0 Å². The topological polar surface area (TPSA) is 29.3 Å². The third kappa shape index (κ3) is 3.72. The molecule has 0 aliphatic carbocycles. The first-order valence-corrected chi connectivity index (χ1v) is 6.76. The zero-order chi connectivity index (χ0) is 14.0. The maximum Gasteiger partial charge on any atom is 0.138 e. The Morgan fingerprint density at radius 1 is 1.11 bits per heavy atom. The number of aromatic nitrogens is 1. The van der Waals surface area contributed by atoms with Crippen LogP contribution in [0.4, 0.5) is 0 Å². The second-order valence-corrected chi connectivity index (χ2v) is 5.63. The van der Waals surface area contributed by atoms with Gasteiger partial charge in [0.05, 0.1) is 5.69 Å². The summed E-state index contributed by atoms with van der Waals surface area (Å²) in [5.41, 5.74) is 3.16. The maximum absolute atomic E-state index is 6.00. The largest absolute Gasteiger partial charge is 0.361 e. The summed E-state index contributed by atoms with van der Waals surface area (Å²) in [5.74, 6) is 0.869. The van der Waals surface area contributed by atoms with Crippen LogP contribution in [0.1, 0.15) is 22.6 Å². The number of halogens is 2. The molecule has 102 valence electrons. The summed E-state index contributed by atoms with van der Waals surface area (Å²) in [4.78, 5) is 2.18. The molecular formula is C14H16Cl2N2O. The van der Waals surface area contributed by atoms with Crippen LogP contribution in [-0.4, -0.2) is 17.1 Å². The molecule has 0 saturated carbocycles. The lowest BCUT2D eigenvalue weighted by Crippen LogP contribution is -2.18. The lowest BCUT2D eigenvalue weighted by Gasteiger charge is -2.16. The Balaban J connectivity index is 2.07. The van der Waals surface area contributed by atoms with Gasteiger partial charge < -0.3 is 4.52 Å². The fraction of sp³-hybridized carbons (Fsp3) is 0.357. The van der Waals surface area contributed by atoms with E-state index in [2.05, 4.69) is 10.1 Å². The molecular weight excluding hydrogens is 283 g/mol. The Morgan fingerprint density at radius 2 is 1.74 bits per heavy atom. The van der Waals surface area contributed by atoms with Crippen molar-refractivity contribution in [1.82, 2.24) is 10.1 Å². The predicted molar refractivity (Wildman–Crippen MR) is 77.6 cm³/mol. The summed E-state index contributed by atoms with van der Waals surface area (Å²) in [6.45, 7) is 5.44. The molecule has 0 unspecified atom stereocenters. The quantitative estimate of drug-likeness (QED) is 0.846. The molecule has 5 heteroatoms. The van der Waals surface area contributed by atoms with Crippen LogP contribution in [-0.2, 0) is 13.1 Å². The minimum Gasteiger partial charge on any atom is -0.361 e. The van der Waals surface area contributed by atoms with Crippen molar-refractivity contribution >= 4 is 23.2 Å². The van der Waals surface area contributed by atoms with E-state index >= 15 is 0 Å². The van der Waals surface area contributed by atoms with E-state index in [1.54, 1.807) is 6.07 Å². The van der Waals surface area contributed by atoms with Crippen molar-refractivity contribution in [2.75, 3.05) is 7.05 Å². The summed E-state index contributed by atoms with van der Waals surface area (Å²) in [7, 11) is 2.04. The first-order valence-electron chi connectivity index (χ1n) is 6.01. The van der Waals surface area contributed by atoms with Crippen LogP contribution in [0, 0.1) is 13.8 Å². The lowest BCUT2D eigenvalue weighted by atomic mass is 10.1. The molecule has 1 heterocycles. The van der Waals surface area contributed by atoms with E-state index in [0.29, 0.717) is 10.0 Å². The summed E-state index contributed by atoms with van der Waals surface area (Å²) in [6, 6.07) is 5.59. The normalized spacial score (nSPS) is 11.3. The van der Waals surface area contributed by atoms with Gasteiger partial charge in [-0.1, -0.05) is 28.4 Å². The SMILES string of the molecule is Cc1noc(C)c1CN(C)Cc1cc(Cl)cc(Cl)c1. The van der Waals surface area contributed by atoms with Gasteiger partial charge in [-0.05, 0) is 44.7 Å². The molecule has 19 heavy (non-hydrogen) atoms. The monoisotopic (exact) mass is 298 g/mol. The molecule has 0 amide bonds. The van der Waals surface area contributed by atoms with Crippen LogP contribution >= 0.6 is 23.2 Å². The van der Waals surface area contributed by atoms with Crippen molar-refractivity contribution in [1.29, 1.82) is 0 Å². The Morgan fingerprint density at radius 3 is 2.26 bits per heavy atom. The average molecular weight is 299 g/mol. The number of rotatable bonds is 4. The highest BCUT2D eigenvalue weighted by atomic mass is 35.5. The van der Waals surface area contributed by atoms with Crippen LogP contribution < -0.4 is 0 Å². The summed E-state index contributed by atoms with van der Waals surface area (Å²) in [6.07, 6.45) is 0. The highest BCUT2D eigenvalue weighted by molar-refractivity contribution is 6.34. The van der Waals surface area contributed by atoms with Gasteiger partial charge >= 0.3 is 0 Å². The van der Waals surface area contributed by atoms with E-state index in [0.717, 1.165) is 35.7 Å². The average Bonchev–Trinajstić information content (AvgIpc) is 2.59. The molecule has 0 N–H and O–H groups in total. The number of nitrogens with zero attached hydrogens (tertiary/aromatic N) is 2. The standard InChI is InChI=1S/C14H16Cl2N2O/c1-9-14(10(2)19-17-9)8-18(3)7-11-4-12(15)6-13(16)5-11/h4-6H,7-8H2,1-3H3. The molecule has 0 spiro atoms. The van der Waals surface area contributed by atoms with E-state index in [9.17, 15) is 0 Å².